The smallest absolute Gasteiger partial charge is 0.491 e. The number of carbonyl (C=O) groups excluding carboxylic acids is 4. The van der Waals surface area contributed by atoms with Gasteiger partial charge in [-0.1, -0.05) is 56.6 Å². The van der Waals surface area contributed by atoms with Crippen LogP contribution in [0.3, 0.4) is 0 Å². The van der Waals surface area contributed by atoms with Crippen molar-refractivity contribution in [2.24, 2.45) is 5.41 Å². The number of unbranched alkanes of at least 4 members (excludes halogenated alkanes) is 1. The van der Waals surface area contributed by atoms with E-state index in [9.17, 15) is 45.9 Å². The van der Waals surface area contributed by atoms with Crippen molar-refractivity contribution < 1.29 is 74.3 Å². The number of para-hydroxylation sites is 1. The van der Waals surface area contributed by atoms with Crippen LogP contribution in [0.2, 0.25) is 5.02 Å². The summed E-state index contributed by atoms with van der Waals surface area (Å²) in [6.45, 7) is 12.8. The van der Waals surface area contributed by atoms with E-state index in [4.69, 9.17) is 45.0 Å². The first kappa shape index (κ1) is 70.0. The maximum absolute atomic E-state index is 14.6. The van der Waals surface area contributed by atoms with Crippen molar-refractivity contribution in [1.82, 2.24) is 45.4 Å². The number of nitrogens with zero attached hydrogens (tertiary/aromatic N) is 8. The van der Waals surface area contributed by atoms with Crippen LogP contribution in [0.1, 0.15) is 95.8 Å². The van der Waals surface area contributed by atoms with Crippen LogP contribution in [-0.4, -0.2) is 174 Å². The number of fused-ring (bicyclic) bond motifs is 1. The third kappa shape index (κ3) is 18.1. The lowest BCUT2D eigenvalue weighted by Gasteiger charge is -2.35. The fourth-order valence-electron chi connectivity index (χ4n) is 10.5. The molecule has 2 fully saturated rings. The van der Waals surface area contributed by atoms with Gasteiger partial charge in [0.15, 0.2) is 21.3 Å². The van der Waals surface area contributed by atoms with E-state index in [1.54, 1.807) is 69.0 Å². The fraction of sp³-hybridized carbons (Fsp3) is 0.476. The molecule has 2 saturated heterocycles. The Morgan fingerprint density at radius 3 is 2.34 bits per heavy atom. The number of aliphatic hydroxyl groups is 1. The number of likely N-dealkylation sites (tertiary alicyclic amines) is 1. The second-order valence-corrected chi connectivity index (χ2v) is 27.9. The molecule has 0 unspecified atom stereocenters. The van der Waals surface area contributed by atoms with E-state index in [0.717, 1.165) is 22.4 Å². The Morgan fingerprint density at radius 2 is 1.65 bits per heavy atom. The molecular weight excluding hydrogens is 1290 g/mol. The highest BCUT2D eigenvalue weighted by Gasteiger charge is 2.47. The number of benzene rings is 3. The Kier molecular flexibility index (Phi) is 22.3. The summed E-state index contributed by atoms with van der Waals surface area (Å²) in [6.07, 6.45) is -2.44. The van der Waals surface area contributed by atoms with Crippen LogP contribution in [0.4, 0.5) is 41.2 Å². The molecule has 3 aromatic heterocycles. The van der Waals surface area contributed by atoms with E-state index in [1.807, 2.05) is 25.1 Å². The molecule has 0 saturated carbocycles. The SMILES string of the molecule is Cc1ncsc1-c1ccc(CNC(=O)[C@@H]2C[C@H](O)CN2C(=O)[C@@H](NC(=O)CCCCF)C(C)(C)C)c(OCCOCCOc2nc(Nc3cc(S(C)(=O)=O)ccc3N[C@@H](c3cccc4c3OC(F)(F)O4)c3ncccc3Cl)nc(N3CCN(C(=O)OC(C)(C)C)CC3)n2)c1. The number of aryl methyl sites for hydroxylation is 1. The minimum absolute atomic E-state index is 0.00210. The van der Waals surface area contributed by atoms with E-state index in [0.29, 0.717) is 17.7 Å². The molecule has 5 N–H and O–H groups in total. The zero-order chi connectivity index (χ0) is 67.7. The number of pyridine rings is 1. The number of β-amino-alcohol motifs (C(OH)–C–C–N with tert-alkyl or cyclic N) is 1. The lowest BCUT2D eigenvalue weighted by molar-refractivity contribution is -0.287. The minimum Gasteiger partial charge on any atom is -0.491 e. The van der Waals surface area contributed by atoms with Crippen molar-refractivity contribution >= 4 is 79.9 Å². The number of ether oxygens (including phenoxy) is 6. The Balaban J connectivity index is 0.907. The minimum atomic E-state index is -3.98. The average molecular weight is 1370 g/mol. The van der Waals surface area contributed by atoms with Crippen LogP contribution < -0.4 is 45.1 Å². The number of amides is 4. The van der Waals surface area contributed by atoms with Crippen LogP contribution in [0.25, 0.3) is 10.4 Å². The molecule has 6 aromatic rings. The van der Waals surface area contributed by atoms with E-state index in [1.165, 1.54) is 58.8 Å². The van der Waals surface area contributed by atoms with Crippen molar-refractivity contribution in [2.75, 3.05) is 87.6 Å². The summed E-state index contributed by atoms with van der Waals surface area (Å²) in [5, 5.41) is 23.1. The number of hydrogen-bond acceptors (Lipinski definition) is 22. The van der Waals surface area contributed by atoms with Gasteiger partial charge in [-0.25, -0.2) is 18.2 Å². The molecular formula is C63H76ClF3N12O13S2. The number of alkyl halides is 3. The van der Waals surface area contributed by atoms with E-state index < -0.39 is 81.9 Å². The van der Waals surface area contributed by atoms with Gasteiger partial charge >= 0.3 is 18.4 Å². The first-order valence-electron chi connectivity index (χ1n) is 30.4. The topological polar surface area (TPSA) is 300 Å². The average Bonchev–Trinajstić information content (AvgIpc) is 1.52. The number of thiazole rings is 1. The highest BCUT2D eigenvalue weighted by Crippen LogP contribution is 2.48. The molecule has 3 aromatic carbocycles. The monoisotopic (exact) mass is 1360 g/mol. The predicted molar refractivity (Wildman–Crippen MR) is 343 cm³/mol. The summed E-state index contributed by atoms with van der Waals surface area (Å²) in [4.78, 5) is 82.4. The van der Waals surface area contributed by atoms with Crippen molar-refractivity contribution in [3.05, 3.63) is 106 Å². The highest BCUT2D eigenvalue weighted by molar-refractivity contribution is 7.90. The Labute approximate surface area is 551 Å². The lowest BCUT2D eigenvalue weighted by atomic mass is 9.85. The lowest BCUT2D eigenvalue weighted by Crippen LogP contribution is -2.57. The van der Waals surface area contributed by atoms with E-state index >= 15 is 0 Å². The van der Waals surface area contributed by atoms with E-state index in [2.05, 4.69) is 41.2 Å². The number of sulfone groups is 1. The van der Waals surface area contributed by atoms with Crippen LogP contribution in [-0.2, 0) is 40.2 Å². The van der Waals surface area contributed by atoms with Crippen molar-refractivity contribution in [1.29, 1.82) is 0 Å². The molecule has 0 bridgehead atoms. The quantitative estimate of drug-likeness (QED) is 0.0317. The number of halogens is 4. The van der Waals surface area contributed by atoms with Crippen LogP contribution in [0.5, 0.6) is 23.3 Å². The van der Waals surface area contributed by atoms with Crippen LogP contribution in [0.15, 0.2) is 83.3 Å². The Morgan fingerprint density at radius 1 is 0.894 bits per heavy atom. The zero-order valence-electron chi connectivity index (χ0n) is 53.2. The summed E-state index contributed by atoms with van der Waals surface area (Å²) < 4.78 is 102. The van der Waals surface area contributed by atoms with Gasteiger partial charge in [-0.05, 0) is 94.0 Å². The van der Waals surface area contributed by atoms with Gasteiger partial charge in [-0.15, -0.1) is 20.1 Å². The van der Waals surface area contributed by atoms with Gasteiger partial charge < -0.3 is 69.5 Å². The van der Waals surface area contributed by atoms with Gasteiger partial charge in [0.25, 0.3) is 0 Å². The molecule has 0 aliphatic carbocycles. The maximum atomic E-state index is 14.6. The molecule has 4 amide bonds. The summed E-state index contributed by atoms with van der Waals surface area (Å²) in [5.74, 6) is -1.55. The van der Waals surface area contributed by atoms with Gasteiger partial charge in [0.05, 0.1) is 75.1 Å². The van der Waals surface area contributed by atoms with Crippen molar-refractivity contribution in [2.45, 2.75) is 122 Å². The Bertz CT molecular complexity index is 3820. The summed E-state index contributed by atoms with van der Waals surface area (Å²) in [6, 6.07) is 13.8. The maximum Gasteiger partial charge on any atom is 0.586 e. The van der Waals surface area contributed by atoms with Gasteiger partial charge in [0, 0.05) is 75.7 Å². The normalized spacial score (nSPS) is 16.9. The molecule has 3 aliphatic heterocycles. The fourth-order valence-corrected chi connectivity index (χ4v) is 12.2. The van der Waals surface area contributed by atoms with Gasteiger partial charge in [0.1, 0.15) is 36.6 Å². The molecule has 4 atom stereocenters. The Hall–Kier alpha value is -8.32. The number of piperazine rings is 1. The third-order valence-corrected chi connectivity index (χ3v) is 17.6. The molecule has 506 valence electrons. The number of aromatic nitrogens is 5. The van der Waals surface area contributed by atoms with Crippen LogP contribution >= 0.6 is 22.9 Å². The number of hydrogen-bond donors (Lipinski definition) is 5. The number of aliphatic hydroxyl groups excluding tert-OH is 1. The summed E-state index contributed by atoms with van der Waals surface area (Å²) in [5.41, 5.74) is 3.10. The predicted octanol–water partition coefficient (Wildman–Crippen LogP) is 8.80. The first-order chi connectivity index (χ1) is 44.5. The molecule has 0 spiro atoms. The number of carbonyl (C=O) groups is 4. The van der Waals surface area contributed by atoms with Gasteiger partial charge in [-0.3, -0.25) is 23.8 Å². The van der Waals surface area contributed by atoms with E-state index in [-0.39, 0.29) is 147 Å². The molecule has 31 heteroatoms. The van der Waals surface area contributed by atoms with Crippen molar-refractivity contribution in [3.8, 4) is 33.7 Å². The molecule has 9 rings (SSSR count). The zero-order valence-corrected chi connectivity index (χ0v) is 55.6. The molecule has 25 nitrogen and oxygen atoms in total. The van der Waals surface area contributed by atoms with Gasteiger partial charge in [-0.2, -0.15) is 15.0 Å². The van der Waals surface area contributed by atoms with Gasteiger partial charge in [0.2, 0.25) is 29.6 Å². The molecule has 6 heterocycles. The number of nitrogens with one attached hydrogen (secondary N) is 4. The molecule has 3 aliphatic rings. The summed E-state index contributed by atoms with van der Waals surface area (Å²) >= 11 is 8.18. The first-order valence-corrected chi connectivity index (χ1v) is 33.5. The van der Waals surface area contributed by atoms with Crippen LogP contribution in [0, 0.1) is 12.3 Å². The largest absolute Gasteiger partial charge is 0.586 e. The molecule has 0 radical (unpaired) electrons. The third-order valence-electron chi connectivity index (χ3n) is 15.2. The number of anilines is 4. The number of rotatable bonds is 26. The summed E-state index contributed by atoms with van der Waals surface area (Å²) in [7, 11) is -3.85. The van der Waals surface area contributed by atoms with Crippen molar-refractivity contribution in [3.63, 3.8) is 0 Å². The molecule has 94 heavy (non-hydrogen) atoms. The standard InChI is InChI=1S/C63H76ClF3N12O13S2/c1-37-53(93-36-70-37)38-17-18-39(34-69-55(82)46-32-40(80)35-79(46)56(83)54(61(2,3)4)73-49(81)16-9-10-21-65)48(31-38)88-29-27-87-28-30-89-59-75-57(74-58(76-59)77-23-25-78(26-24-77)60(84)92-62(5,6)7)72-45-33-41(94(8,85)86)19-20-44(45)71-50(51-43(64)14-12-22-68-51)42-13-11-15-47-52(42)91-63(66,67)90-47/h11-15,17-20,22,31,33,36,40,46,50,54,71,80H,9-10,16,21,23-30,32,34-35H2,1-8H3,(H,69,82)(H,73,81)(H,72,74,75,76)/t40-,46-,50-,54+/m0/s1. The second kappa shape index (κ2) is 30.0. The second-order valence-electron chi connectivity index (χ2n) is 24.6. The highest BCUT2D eigenvalue weighted by atomic mass is 35.5.